The first-order valence-electron chi connectivity index (χ1n) is 6.48. The normalized spacial score (nSPS) is 14.8. The summed E-state index contributed by atoms with van der Waals surface area (Å²) in [5.41, 5.74) is 1.69. The molecule has 5 heteroatoms. The number of benzene rings is 2. The van der Waals surface area contributed by atoms with Gasteiger partial charge in [0.2, 0.25) is 5.78 Å². The van der Waals surface area contributed by atoms with Gasteiger partial charge in [-0.3, -0.25) is 4.57 Å². The molecule has 0 saturated heterocycles. The van der Waals surface area contributed by atoms with Crippen molar-refractivity contribution in [2.24, 2.45) is 0 Å². The molecule has 4 nitrogen and oxygen atoms in total. The highest BCUT2D eigenvalue weighted by molar-refractivity contribution is 7.51. The molecule has 106 valence electrons. The minimum atomic E-state index is -4.23. The molecule has 0 saturated carbocycles. The smallest absolute Gasteiger partial charge is 0.324 e. The molecule has 0 bridgehead atoms. The van der Waals surface area contributed by atoms with Crippen LogP contribution >= 0.6 is 7.60 Å². The van der Waals surface area contributed by atoms with Crippen LogP contribution in [0.5, 0.6) is 0 Å². The zero-order valence-corrected chi connectivity index (χ0v) is 12.1. The van der Waals surface area contributed by atoms with E-state index < -0.39 is 13.4 Å². The molecule has 0 spiro atoms. The quantitative estimate of drug-likeness (QED) is 0.740. The van der Waals surface area contributed by atoms with Crippen LogP contribution in [-0.4, -0.2) is 9.79 Å². The van der Waals surface area contributed by atoms with Gasteiger partial charge in [-0.2, -0.15) is 0 Å². The summed E-state index contributed by atoms with van der Waals surface area (Å²) in [6, 6.07) is 18.6. The van der Waals surface area contributed by atoms with E-state index in [4.69, 9.17) is 0 Å². The van der Waals surface area contributed by atoms with Crippen LogP contribution in [-0.2, 0) is 4.57 Å². The summed E-state index contributed by atoms with van der Waals surface area (Å²) in [7, 11) is -4.23. The Morgan fingerprint density at radius 3 is 1.80 bits per heavy atom. The topological polar surface area (TPSA) is 74.1 Å². The van der Waals surface area contributed by atoms with Crippen molar-refractivity contribution in [2.45, 2.75) is 18.7 Å². The fraction of sp³-hybridized carbons (Fsp3) is 0.200. The van der Waals surface area contributed by atoms with Crippen LogP contribution in [0.2, 0.25) is 0 Å². The van der Waals surface area contributed by atoms with Gasteiger partial charge in [-0.05, 0) is 6.92 Å². The van der Waals surface area contributed by atoms with E-state index in [0.29, 0.717) is 5.56 Å². The number of hydrogen-bond acceptors (Lipinski definition) is 1. The van der Waals surface area contributed by atoms with Crippen LogP contribution in [0.25, 0.3) is 0 Å². The molecule has 0 aliphatic rings. The highest BCUT2D eigenvalue weighted by Crippen LogP contribution is 2.47. The molecule has 2 atom stereocenters. The van der Waals surface area contributed by atoms with Crippen molar-refractivity contribution in [2.75, 3.05) is 0 Å². The number of nitrogens with two attached hydrogens (primary N) is 1. The van der Waals surface area contributed by atoms with Crippen LogP contribution in [0.4, 0.5) is 0 Å². The zero-order valence-electron chi connectivity index (χ0n) is 11.3. The Kier molecular flexibility index (Phi) is 4.73. The summed E-state index contributed by atoms with van der Waals surface area (Å²) < 4.78 is 11.8. The van der Waals surface area contributed by atoms with Crippen LogP contribution in [0.3, 0.4) is 0 Å². The van der Waals surface area contributed by atoms with Crippen molar-refractivity contribution in [1.29, 1.82) is 0 Å². The van der Waals surface area contributed by atoms with Crippen molar-refractivity contribution in [1.82, 2.24) is 0 Å². The van der Waals surface area contributed by atoms with Crippen molar-refractivity contribution < 1.29 is 19.7 Å². The largest absolute Gasteiger partial charge is 0.387 e. The van der Waals surface area contributed by atoms with E-state index in [-0.39, 0.29) is 6.04 Å². The van der Waals surface area contributed by atoms with E-state index in [1.165, 1.54) is 0 Å². The third-order valence-electron chi connectivity index (χ3n) is 3.30. The van der Waals surface area contributed by atoms with Crippen LogP contribution in [0.15, 0.2) is 60.7 Å². The first-order valence-corrected chi connectivity index (χ1v) is 8.17. The highest BCUT2D eigenvalue weighted by atomic mass is 31.2. The molecule has 20 heavy (non-hydrogen) atoms. The summed E-state index contributed by atoms with van der Waals surface area (Å²) in [6.45, 7) is 1.95. The summed E-state index contributed by atoms with van der Waals surface area (Å²) in [5.74, 6) is -0.876. The van der Waals surface area contributed by atoms with Gasteiger partial charge >= 0.3 is 7.60 Å². The van der Waals surface area contributed by atoms with E-state index in [9.17, 15) is 14.4 Å². The van der Waals surface area contributed by atoms with E-state index in [1.54, 1.807) is 29.6 Å². The fourth-order valence-corrected chi connectivity index (χ4v) is 3.25. The predicted molar refractivity (Wildman–Crippen MR) is 78.0 cm³/mol. The van der Waals surface area contributed by atoms with Crippen molar-refractivity contribution in [3.8, 4) is 0 Å². The minimum absolute atomic E-state index is 0.0333. The van der Waals surface area contributed by atoms with Gasteiger partial charge in [0.15, 0.2) is 0 Å². The van der Waals surface area contributed by atoms with E-state index in [0.717, 1.165) is 5.56 Å². The van der Waals surface area contributed by atoms with Crippen LogP contribution in [0, 0.1) is 0 Å². The molecular weight excluding hydrogens is 273 g/mol. The molecule has 0 amide bonds. The third kappa shape index (κ3) is 3.78. The van der Waals surface area contributed by atoms with E-state index in [1.807, 2.05) is 43.3 Å². The molecule has 4 N–H and O–H groups in total. The van der Waals surface area contributed by atoms with Crippen LogP contribution < -0.4 is 5.32 Å². The second kappa shape index (κ2) is 6.33. The average molecular weight is 292 g/mol. The van der Waals surface area contributed by atoms with Crippen molar-refractivity contribution in [3.63, 3.8) is 0 Å². The lowest BCUT2D eigenvalue weighted by Gasteiger charge is -2.21. The number of quaternary nitrogens is 1. The molecule has 0 aliphatic carbocycles. The van der Waals surface area contributed by atoms with Gasteiger partial charge in [0.05, 0.1) is 0 Å². The van der Waals surface area contributed by atoms with Gasteiger partial charge in [0.25, 0.3) is 0 Å². The predicted octanol–water partition coefficient (Wildman–Crippen LogP) is 2.19. The zero-order chi connectivity index (χ0) is 14.6. The maximum absolute atomic E-state index is 11.8. The molecule has 0 aliphatic heterocycles. The Hall–Kier alpha value is -1.45. The molecule has 2 aromatic rings. The summed E-state index contributed by atoms with van der Waals surface area (Å²) in [4.78, 5) is 19.2. The first kappa shape index (κ1) is 14.9. The van der Waals surface area contributed by atoms with Gasteiger partial charge in [0, 0.05) is 11.1 Å². The lowest BCUT2D eigenvalue weighted by Crippen LogP contribution is -2.85. The SMILES string of the molecule is C[C@@H]([NH2+][C@H](c1ccccc1)P(=O)(O)O)c1ccccc1. The summed E-state index contributed by atoms with van der Waals surface area (Å²) in [6.07, 6.45) is 0. The molecule has 0 fully saturated rings. The number of rotatable bonds is 5. The maximum Gasteiger partial charge on any atom is 0.387 e. The van der Waals surface area contributed by atoms with Gasteiger partial charge in [-0.15, -0.1) is 0 Å². The first-order chi connectivity index (χ1) is 9.48. The van der Waals surface area contributed by atoms with Crippen LogP contribution in [0.1, 0.15) is 29.9 Å². The molecular formula is C15H19NO3P+. The Morgan fingerprint density at radius 1 is 0.900 bits per heavy atom. The summed E-state index contributed by atoms with van der Waals surface area (Å²) >= 11 is 0. The highest BCUT2D eigenvalue weighted by Gasteiger charge is 2.35. The van der Waals surface area contributed by atoms with Gasteiger partial charge in [-0.25, -0.2) is 0 Å². The lowest BCUT2D eigenvalue weighted by atomic mass is 10.1. The molecule has 2 aromatic carbocycles. The Morgan fingerprint density at radius 2 is 1.35 bits per heavy atom. The monoisotopic (exact) mass is 292 g/mol. The van der Waals surface area contributed by atoms with Crippen molar-refractivity contribution in [3.05, 3.63) is 71.8 Å². The summed E-state index contributed by atoms with van der Waals surface area (Å²) in [5, 5.41) is 1.73. The van der Waals surface area contributed by atoms with Gasteiger partial charge in [0.1, 0.15) is 6.04 Å². The molecule has 0 radical (unpaired) electrons. The number of hydrogen-bond donors (Lipinski definition) is 3. The maximum atomic E-state index is 11.8. The Labute approximate surface area is 118 Å². The lowest BCUT2D eigenvalue weighted by molar-refractivity contribution is -0.714. The second-order valence-electron chi connectivity index (χ2n) is 4.84. The van der Waals surface area contributed by atoms with E-state index in [2.05, 4.69) is 0 Å². The van der Waals surface area contributed by atoms with E-state index >= 15 is 0 Å². The fourth-order valence-electron chi connectivity index (χ4n) is 2.21. The van der Waals surface area contributed by atoms with Gasteiger partial charge in [-0.1, -0.05) is 60.7 Å². The third-order valence-corrected chi connectivity index (χ3v) is 4.49. The Bertz CT molecular complexity index is 583. The molecule has 0 unspecified atom stereocenters. The van der Waals surface area contributed by atoms with Gasteiger partial charge < -0.3 is 15.1 Å². The minimum Gasteiger partial charge on any atom is -0.324 e. The second-order valence-corrected chi connectivity index (χ2v) is 6.57. The standard InChI is InChI=1S/C15H18NO3P/c1-12(13-8-4-2-5-9-13)16-15(20(17,18)19)14-10-6-3-7-11-14/h2-12,15-16H,1H3,(H2,17,18,19)/p+1/t12-,15+/m1/s1. The average Bonchev–Trinajstić information content (AvgIpc) is 2.45. The Balaban J connectivity index is 2.24. The molecule has 0 heterocycles. The van der Waals surface area contributed by atoms with Crippen molar-refractivity contribution >= 4 is 7.60 Å². The molecule has 0 aromatic heterocycles. The molecule has 2 rings (SSSR count).